The Labute approximate surface area is 209 Å². The highest BCUT2D eigenvalue weighted by Gasteiger charge is 2.16. The normalized spacial score (nSPS) is 14.1. The van der Waals surface area contributed by atoms with Gasteiger partial charge in [0, 0.05) is 40.9 Å². The molecule has 1 saturated heterocycles. The van der Waals surface area contributed by atoms with Crippen LogP contribution in [0.15, 0.2) is 54.1 Å². The predicted molar refractivity (Wildman–Crippen MR) is 137 cm³/mol. The number of nitrogens with one attached hydrogen (secondary N) is 1. The third kappa shape index (κ3) is 5.13. The Morgan fingerprint density at radius 1 is 1.06 bits per heavy atom. The van der Waals surface area contributed by atoms with E-state index in [-0.39, 0.29) is 5.57 Å². The van der Waals surface area contributed by atoms with Crippen LogP contribution in [0.4, 0.5) is 11.4 Å². The van der Waals surface area contributed by atoms with Crippen LogP contribution in [0, 0.1) is 25.2 Å². The number of amides is 1. The third-order valence-electron chi connectivity index (χ3n) is 5.80. The molecule has 3 aromatic rings. The number of nitriles is 1. The van der Waals surface area contributed by atoms with Gasteiger partial charge in [0.1, 0.15) is 11.6 Å². The number of nitrogens with zero attached hydrogens (tertiary/aromatic N) is 3. The Kier molecular flexibility index (Phi) is 7.28. The Bertz CT molecular complexity index is 1280. The van der Waals surface area contributed by atoms with Crippen molar-refractivity contribution < 1.29 is 9.53 Å². The Balaban J connectivity index is 1.58. The number of carbonyl (C=O) groups is 1. The van der Waals surface area contributed by atoms with Gasteiger partial charge in [-0.05, 0) is 74.0 Å². The van der Waals surface area contributed by atoms with Crippen LogP contribution in [-0.4, -0.2) is 36.8 Å². The Hall–Kier alpha value is -3.24. The largest absolute Gasteiger partial charge is 0.378 e. The maximum Gasteiger partial charge on any atom is 0.266 e. The first-order valence-corrected chi connectivity index (χ1v) is 11.6. The van der Waals surface area contributed by atoms with Crippen LogP contribution in [0.3, 0.4) is 0 Å². The van der Waals surface area contributed by atoms with E-state index in [1.54, 1.807) is 18.2 Å². The van der Waals surface area contributed by atoms with E-state index in [4.69, 9.17) is 27.9 Å². The summed E-state index contributed by atoms with van der Waals surface area (Å²) in [5, 5.41) is 13.1. The van der Waals surface area contributed by atoms with E-state index in [1.165, 1.54) is 11.8 Å². The van der Waals surface area contributed by atoms with E-state index in [9.17, 15) is 10.1 Å². The number of hydrogen-bond donors (Lipinski definition) is 1. The van der Waals surface area contributed by atoms with Gasteiger partial charge in [0.15, 0.2) is 0 Å². The molecule has 174 valence electrons. The van der Waals surface area contributed by atoms with Crippen LogP contribution in [0.1, 0.15) is 17.0 Å². The van der Waals surface area contributed by atoms with Crippen molar-refractivity contribution in [3.8, 4) is 11.8 Å². The van der Waals surface area contributed by atoms with Gasteiger partial charge in [-0.2, -0.15) is 5.26 Å². The molecule has 2 heterocycles. The van der Waals surface area contributed by atoms with Crippen LogP contribution in [0.25, 0.3) is 11.8 Å². The summed E-state index contributed by atoms with van der Waals surface area (Å²) in [5.74, 6) is -0.536. The number of morpholine rings is 1. The van der Waals surface area contributed by atoms with Crippen molar-refractivity contribution in [1.82, 2.24) is 4.57 Å². The minimum atomic E-state index is -0.536. The highest BCUT2D eigenvalue weighted by molar-refractivity contribution is 6.36. The molecule has 0 saturated carbocycles. The van der Waals surface area contributed by atoms with Crippen LogP contribution in [-0.2, 0) is 9.53 Å². The topological polar surface area (TPSA) is 70.3 Å². The molecular weight excluding hydrogens is 471 g/mol. The van der Waals surface area contributed by atoms with Crippen molar-refractivity contribution >= 4 is 46.6 Å². The molecule has 0 bridgehead atoms. The van der Waals surface area contributed by atoms with Gasteiger partial charge in [-0.1, -0.05) is 23.2 Å². The lowest BCUT2D eigenvalue weighted by atomic mass is 10.1. The molecule has 1 N–H and O–H groups in total. The van der Waals surface area contributed by atoms with Gasteiger partial charge in [-0.25, -0.2) is 0 Å². The predicted octanol–water partition coefficient (Wildman–Crippen LogP) is 5.78. The standard InChI is InChI=1S/C26H24Cl2N4O2/c1-17-13-19(14-20(16-29)26(33)30-25-8-3-21(27)15-24(25)28)18(2)32(17)23-6-4-22(5-7-23)31-9-11-34-12-10-31/h3-8,13-15H,9-12H2,1-2H3,(H,30,33)/b20-14-. The van der Waals surface area contributed by atoms with Gasteiger partial charge in [0.2, 0.25) is 0 Å². The molecule has 34 heavy (non-hydrogen) atoms. The highest BCUT2D eigenvalue weighted by Crippen LogP contribution is 2.27. The summed E-state index contributed by atoms with van der Waals surface area (Å²) in [5.41, 5.74) is 5.28. The monoisotopic (exact) mass is 494 g/mol. The maximum absolute atomic E-state index is 12.7. The molecule has 0 spiro atoms. The van der Waals surface area contributed by atoms with Crippen molar-refractivity contribution in [2.45, 2.75) is 13.8 Å². The van der Waals surface area contributed by atoms with Crippen LogP contribution < -0.4 is 10.2 Å². The van der Waals surface area contributed by atoms with Gasteiger partial charge >= 0.3 is 0 Å². The van der Waals surface area contributed by atoms with E-state index in [2.05, 4.69) is 39.0 Å². The molecular formula is C26H24Cl2N4O2. The van der Waals surface area contributed by atoms with Gasteiger partial charge in [0.25, 0.3) is 5.91 Å². The molecule has 1 aliphatic heterocycles. The number of anilines is 2. The number of ether oxygens (including phenoxy) is 1. The minimum absolute atomic E-state index is 0.0195. The maximum atomic E-state index is 12.7. The number of hydrogen-bond acceptors (Lipinski definition) is 4. The summed E-state index contributed by atoms with van der Waals surface area (Å²) < 4.78 is 7.54. The van der Waals surface area contributed by atoms with E-state index < -0.39 is 5.91 Å². The van der Waals surface area contributed by atoms with Gasteiger partial charge < -0.3 is 19.5 Å². The second-order valence-electron chi connectivity index (χ2n) is 8.03. The lowest BCUT2D eigenvalue weighted by Crippen LogP contribution is -2.36. The first-order chi connectivity index (χ1) is 16.4. The van der Waals surface area contributed by atoms with Gasteiger partial charge in [-0.3, -0.25) is 4.79 Å². The zero-order valence-electron chi connectivity index (χ0n) is 18.9. The van der Waals surface area contributed by atoms with Gasteiger partial charge in [-0.15, -0.1) is 0 Å². The second-order valence-corrected chi connectivity index (χ2v) is 8.87. The fourth-order valence-corrected chi connectivity index (χ4v) is 4.51. The van der Waals surface area contributed by atoms with Crippen molar-refractivity contribution in [2.24, 2.45) is 0 Å². The zero-order valence-corrected chi connectivity index (χ0v) is 20.5. The number of carbonyl (C=O) groups excluding carboxylic acids is 1. The quantitative estimate of drug-likeness (QED) is 0.360. The molecule has 2 aromatic carbocycles. The highest BCUT2D eigenvalue weighted by atomic mass is 35.5. The minimum Gasteiger partial charge on any atom is -0.378 e. The fraction of sp³-hybridized carbons (Fsp3) is 0.231. The summed E-state index contributed by atoms with van der Waals surface area (Å²) in [6, 6.07) is 17.1. The second kappa shape index (κ2) is 10.4. The number of aromatic nitrogens is 1. The lowest BCUT2D eigenvalue weighted by molar-refractivity contribution is -0.112. The van der Waals surface area contributed by atoms with Crippen molar-refractivity contribution in [3.05, 3.63) is 81.1 Å². The van der Waals surface area contributed by atoms with Crippen LogP contribution in [0.5, 0.6) is 0 Å². The Morgan fingerprint density at radius 3 is 2.38 bits per heavy atom. The van der Waals surface area contributed by atoms with E-state index in [1.807, 2.05) is 26.0 Å². The van der Waals surface area contributed by atoms with Crippen molar-refractivity contribution in [1.29, 1.82) is 5.26 Å². The number of benzene rings is 2. The van der Waals surface area contributed by atoms with E-state index in [0.717, 1.165) is 48.9 Å². The third-order valence-corrected chi connectivity index (χ3v) is 6.35. The summed E-state index contributed by atoms with van der Waals surface area (Å²) in [7, 11) is 0. The van der Waals surface area contributed by atoms with E-state index in [0.29, 0.717) is 15.7 Å². The molecule has 1 fully saturated rings. The number of halogens is 2. The molecule has 0 atom stereocenters. The number of aryl methyl sites for hydroxylation is 1. The van der Waals surface area contributed by atoms with E-state index >= 15 is 0 Å². The zero-order chi connectivity index (χ0) is 24.2. The molecule has 1 amide bonds. The molecule has 0 radical (unpaired) electrons. The SMILES string of the molecule is Cc1cc(/C=C(/C#N)C(=O)Nc2ccc(Cl)cc2Cl)c(C)n1-c1ccc(N2CCOCC2)cc1. The fourth-order valence-electron chi connectivity index (χ4n) is 4.05. The first kappa shape index (κ1) is 23.9. The molecule has 0 aliphatic carbocycles. The average Bonchev–Trinajstić information content (AvgIpc) is 3.12. The van der Waals surface area contributed by atoms with Crippen molar-refractivity contribution in [2.75, 3.05) is 36.5 Å². The average molecular weight is 495 g/mol. The summed E-state index contributed by atoms with van der Waals surface area (Å²) in [4.78, 5) is 15.0. The summed E-state index contributed by atoms with van der Waals surface area (Å²) >= 11 is 12.1. The smallest absolute Gasteiger partial charge is 0.266 e. The first-order valence-electron chi connectivity index (χ1n) is 10.9. The van der Waals surface area contributed by atoms with Gasteiger partial charge in [0.05, 0.1) is 23.9 Å². The molecule has 0 unspecified atom stereocenters. The molecule has 4 rings (SSSR count). The van der Waals surface area contributed by atoms with Crippen LogP contribution in [0.2, 0.25) is 10.0 Å². The Morgan fingerprint density at radius 2 is 1.74 bits per heavy atom. The van der Waals surface area contributed by atoms with Crippen molar-refractivity contribution in [3.63, 3.8) is 0 Å². The molecule has 8 heteroatoms. The molecule has 1 aliphatic rings. The lowest BCUT2D eigenvalue weighted by Gasteiger charge is -2.29. The van der Waals surface area contributed by atoms with Crippen LogP contribution >= 0.6 is 23.2 Å². The summed E-state index contributed by atoms with van der Waals surface area (Å²) in [6.45, 7) is 7.22. The number of rotatable bonds is 5. The molecule has 6 nitrogen and oxygen atoms in total. The summed E-state index contributed by atoms with van der Waals surface area (Å²) in [6.07, 6.45) is 1.60. The molecule has 1 aromatic heterocycles.